The molecule has 248 valence electrons. The summed E-state index contributed by atoms with van der Waals surface area (Å²) < 4.78 is 5.04. The second kappa shape index (κ2) is 19.0. The molecule has 3 amide bonds. The number of rotatable bonds is 20. The Labute approximate surface area is 264 Å². The fourth-order valence-electron chi connectivity index (χ4n) is 3.55. The van der Waals surface area contributed by atoms with Gasteiger partial charge in [0, 0.05) is 31.4 Å². The molecule has 20 heteroatoms. The molecule has 45 heavy (non-hydrogen) atoms. The van der Waals surface area contributed by atoms with Crippen LogP contribution in [0.1, 0.15) is 50.2 Å². The minimum Gasteiger partial charge on any atom is -0.481 e. The van der Waals surface area contributed by atoms with Crippen LogP contribution in [0.15, 0.2) is 24.3 Å². The van der Waals surface area contributed by atoms with Crippen molar-refractivity contribution in [2.45, 2.75) is 67.6 Å². The molecule has 0 aromatic heterocycles. The first-order valence-corrected chi connectivity index (χ1v) is 13.8. The van der Waals surface area contributed by atoms with Gasteiger partial charge in [0.1, 0.15) is 24.8 Å². The van der Waals surface area contributed by atoms with Gasteiger partial charge in [0.2, 0.25) is 11.8 Å². The Balaban J connectivity index is 2.84. The van der Waals surface area contributed by atoms with Crippen LogP contribution in [0.2, 0.25) is 0 Å². The third kappa shape index (κ3) is 14.7. The van der Waals surface area contributed by atoms with Crippen molar-refractivity contribution in [2.24, 2.45) is 0 Å². The smallest absolute Gasteiger partial charge is 0.326 e. The number of nitrogens with zero attached hydrogens (tertiary/aromatic N) is 1. The van der Waals surface area contributed by atoms with Crippen LogP contribution in [0.5, 0.6) is 0 Å². The van der Waals surface area contributed by atoms with Gasteiger partial charge < -0.3 is 41.1 Å². The number of hydrogen-bond acceptors (Lipinski definition) is 11. The van der Waals surface area contributed by atoms with E-state index < -0.39 is 121 Å². The van der Waals surface area contributed by atoms with Gasteiger partial charge in [-0.05, 0) is 30.5 Å². The average Bonchev–Trinajstić information content (AvgIpc) is 2.97. The first kappa shape index (κ1) is 38.5. The molecule has 7 N–H and O–H groups in total. The number of carbonyl (C=O) groups excluding carboxylic acids is 4. The number of nitrogens with one attached hydrogen (secondary N) is 3. The number of non-ortho nitro benzene ring substituents is 1. The predicted molar refractivity (Wildman–Crippen MR) is 151 cm³/mol. The number of amides is 3. The lowest BCUT2D eigenvalue weighted by atomic mass is 10.0. The third-order valence-corrected chi connectivity index (χ3v) is 6.29. The van der Waals surface area contributed by atoms with Crippen LogP contribution >= 0.6 is 23.2 Å². The minimum atomic E-state index is -1.64. The van der Waals surface area contributed by atoms with Crippen LogP contribution in [-0.2, 0) is 38.3 Å². The van der Waals surface area contributed by atoms with E-state index in [9.17, 15) is 53.9 Å². The van der Waals surface area contributed by atoms with E-state index in [0.29, 0.717) is 0 Å². The zero-order valence-corrected chi connectivity index (χ0v) is 24.7. The number of carboxylic acid groups (broad SMARTS) is 3. The molecule has 1 aromatic rings. The van der Waals surface area contributed by atoms with Crippen LogP contribution in [0.25, 0.3) is 0 Å². The van der Waals surface area contributed by atoms with E-state index in [4.69, 9.17) is 38.2 Å². The van der Waals surface area contributed by atoms with E-state index in [0.717, 1.165) is 12.1 Å². The van der Waals surface area contributed by atoms with Crippen molar-refractivity contribution in [3.05, 3.63) is 39.9 Å². The Morgan fingerprint density at radius 2 is 1.36 bits per heavy atom. The van der Waals surface area contributed by atoms with Gasteiger partial charge in [0.05, 0.1) is 17.4 Å². The first-order valence-electron chi connectivity index (χ1n) is 12.9. The monoisotopic (exact) mass is 680 g/mol. The lowest BCUT2D eigenvalue weighted by Crippen LogP contribution is -2.51. The zero-order valence-electron chi connectivity index (χ0n) is 23.2. The van der Waals surface area contributed by atoms with E-state index in [2.05, 4.69) is 10.6 Å². The number of nitro groups is 1. The van der Waals surface area contributed by atoms with Crippen molar-refractivity contribution in [1.82, 2.24) is 16.0 Å². The van der Waals surface area contributed by atoms with E-state index in [-0.39, 0.29) is 11.3 Å². The highest BCUT2D eigenvalue weighted by Crippen LogP contribution is 2.21. The molecule has 0 radical (unpaired) electrons. The number of aliphatic hydroxyl groups excluding tert-OH is 1. The molecule has 0 bridgehead atoms. The maximum Gasteiger partial charge on any atom is 0.326 e. The molecule has 0 aliphatic rings. The summed E-state index contributed by atoms with van der Waals surface area (Å²) in [7, 11) is 0. The van der Waals surface area contributed by atoms with Gasteiger partial charge in [0.25, 0.3) is 11.6 Å². The van der Waals surface area contributed by atoms with Gasteiger partial charge >= 0.3 is 23.9 Å². The lowest BCUT2D eigenvalue weighted by Gasteiger charge is -2.24. The van der Waals surface area contributed by atoms with Crippen molar-refractivity contribution in [3.63, 3.8) is 0 Å². The number of esters is 1. The molecule has 1 aromatic carbocycles. The van der Waals surface area contributed by atoms with E-state index >= 15 is 0 Å². The number of aliphatic carboxylic acids is 3. The second-order valence-electron chi connectivity index (χ2n) is 9.28. The van der Waals surface area contributed by atoms with Gasteiger partial charge in [-0.3, -0.25) is 38.9 Å². The second-order valence-corrected chi connectivity index (χ2v) is 10.4. The number of carboxylic acids is 3. The standard InChI is InChI=1S/C25H30Cl2N4O14/c26-22(27)24(40)30-16(21(38)12-1-3-13(4-2-12)31(43)44)11-45-20(37)10-7-17(32)28-14(5-8-18(33)34)23(39)29-15(25(41)42)6-9-19(35)36/h1-4,14-16,21-22,38H,5-11H2,(H,28,32)(H,29,39)(H,30,40)(H,33,34)(H,35,36)(H,41,42)/t14-,15-,16-,21-/m1/s1. The molecule has 0 aliphatic carbocycles. The van der Waals surface area contributed by atoms with Gasteiger partial charge in [-0.2, -0.15) is 0 Å². The highest BCUT2D eigenvalue weighted by atomic mass is 35.5. The summed E-state index contributed by atoms with van der Waals surface area (Å²) in [6, 6.07) is 0.0567. The zero-order chi connectivity index (χ0) is 34.3. The Hall–Kier alpha value is -4.55. The molecule has 0 saturated heterocycles. The summed E-state index contributed by atoms with van der Waals surface area (Å²) in [5.74, 6) is -8.22. The molecular weight excluding hydrogens is 651 g/mol. The number of halogens is 2. The first-order chi connectivity index (χ1) is 21.0. The molecule has 1 rings (SSSR count). The SMILES string of the molecule is O=C(O)CC[C@@H](NC(=O)[C@@H](CCC(=O)O)NC(=O)CCC(=O)OC[C@@H](NC(=O)C(Cl)Cl)[C@H](O)c1ccc([N+](=O)[O-])cc1)C(=O)O. The maximum atomic E-state index is 12.6. The lowest BCUT2D eigenvalue weighted by molar-refractivity contribution is -0.384. The van der Waals surface area contributed by atoms with Crippen LogP contribution in [-0.4, -0.2) is 96.5 Å². The highest BCUT2D eigenvalue weighted by Gasteiger charge is 2.29. The Morgan fingerprint density at radius 1 is 0.800 bits per heavy atom. The number of nitro benzene ring substituents is 1. The third-order valence-electron chi connectivity index (χ3n) is 5.89. The Bertz CT molecular complexity index is 1260. The summed E-state index contributed by atoms with van der Waals surface area (Å²) in [6.45, 7) is -0.665. The molecule has 0 aliphatic heterocycles. The molecule has 0 unspecified atom stereocenters. The molecular formula is C25H30Cl2N4O14. The molecule has 0 saturated carbocycles. The Morgan fingerprint density at radius 3 is 1.84 bits per heavy atom. The van der Waals surface area contributed by atoms with Crippen molar-refractivity contribution in [2.75, 3.05) is 6.61 Å². The van der Waals surface area contributed by atoms with Crippen LogP contribution in [0, 0.1) is 10.1 Å². The summed E-state index contributed by atoms with van der Waals surface area (Å²) in [5.41, 5.74) is -0.179. The summed E-state index contributed by atoms with van der Waals surface area (Å²) in [4.78, 5) is 91.2. The fraction of sp³-hybridized carbons (Fsp3) is 0.480. The van der Waals surface area contributed by atoms with Gasteiger partial charge in [-0.25, -0.2) is 4.79 Å². The van der Waals surface area contributed by atoms with Gasteiger partial charge in [-0.15, -0.1) is 0 Å². The number of hydrogen-bond donors (Lipinski definition) is 7. The fourth-order valence-corrected chi connectivity index (χ4v) is 3.68. The van der Waals surface area contributed by atoms with Gasteiger partial charge in [-0.1, -0.05) is 23.2 Å². The molecule has 4 atom stereocenters. The normalized spacial score (nSPS) is 13.4. The number of carbonyl (C=O) groups is 7. The van der Waals surface area contributed by atoms with Crippen molar-refractivity contribution < 1.29 is 63.6 Å². The largest absolute Gasteiger partial charge is 0.481 e. The quantitative estimate of drug-likeness (QED) is 0.0414. The van der Waals surface area contributed by atoms with Crippen molar-refractivity contribution in [1.29, 1.82) is 0 Å². The number of ether oxygens (including phenoxy) is 1. The van der Waals surface area contributed by atoms with E-state index in [1.165, 1.54) is 12.1 Å². The summed E-state index contributed by atoms with van der Waals surface area (Å²) in [6.07, 6.45) is -4.91. The highest BCUT2D eigenvalue weighted by molar-refractivity contribution is 6.53. The molecule has 0 fully saturated rings. The summed E-state index contributed by atoms with van der Waals surface area (Å²) in [5, 5.41) is 55.0. The van der Waals surface area contributed by atoms with Crippen LogP contribution in [0.3, 0.4) is 0 Å². The van der Waals surface area contributed by atoms with Crippen LogP contribution < -0.4 is 16.0 Å². The Kier molecular flexibility index (Phi) is 16.2. The van der Waals surface area contributed by atoms with Gasteiger partial charge in [0.15, 0.2) is 4.84 Å². The number of aliphatic hydroxyl groups is 1. The summed E-state index contributed by atoms with van der Waals surface area (Å²) >= 11 is 11.1. The van der Waals surface area contributed by atoms with E-state index in [1.807, 2.05) is 5.32 Å². The topological polar surface area (TPSA) is 289 Å². The molecule has 0 heterocycles. The number of benzene rings is 1. The van der Waals surface area contributed by atoms with Crippen LogP contribution in [0.4, 0.5) is 5.69 Å². The van der Waals surface area contributed by atoms with Crippen molar-refractivity contribution >= 4 is 70.5 Å². The average molecular weight is 681 g/mol. The van der Waals surface area contributed by atoms with Crippen molar-refractivity contribution in [3.8, 4) is 0 Å². The maximum absolute atomic E-state index is 12.6. The minimum absolute atomic E-state index is 0.0980. The molecule has 18 nitrogen and oxygen atoms in total. The predicted octanol–water partition coefficient (Wildman–Crippen LogP) is 0.0239. The van der Waals surface area contributed by atoms with E-state index in [1.54, 1.807) is 0 Å². The number of alkyl halides is 2. The molecule has 0 spiro atoms.